The van der Waals surface area contributed by atoms with E-state index in [1.807, 2.05) is 43.9 Å². The summed E-state index contributed by atoms with van der Waals surface area (Å²) in [5.41, 5.74) is 0.339. The molecule has 0 aromatic heterocycles. The van der Waals surface area contributed by atoms with Gasteiger partial charge in [0.2, 0.25) is 11.8 Å². The minimum absolute atomic E-state index is 0.00217. The van der Waals surface area contributed by atoms with E-state index < -0.39 is 0 Å². The van der Waals surface area contributed by atoms with E-state index in [2.05, 4.69) is 5.32 Å². The third kappa shape index (κ3) is 4.29. The first-order chi connectivity index (χ1) is 12.3. The van der Waals surface area contributed by atoms with Crippen molar-refractivity contribution in [3.05, 3.63) is 18.2 Å². The van der Waals surface area contributed by atoms with Crippen molar-refractivity contribution in [1.29, 1.82) is 0 Å². The maximum Gasteiger partial charge on any atom is 0.227 e. The monoisotopic (exact) mass is 360 g/mol. The number of likely N-dealkylation sites (tertiary alicyclic amines) is 1. The Morgan fingerprint density at radius 3 is 2.38 bits per heavy atom. The lowest BCUT2D eigenvalue weighted by Crippen LogP contribution is -2.45. The number of amides is 2. The van der Waals surface area contributed by atoms with Gasteiger partial charge in [-0.05, 0) is 25.0 Å². The van der Waals surface area contributed by atoms with Crippen LogP contribution in [0.2, 0.25) is 0 Å². The fraction of sp³-hybridized carbons (Fsp3) is 0.600. The van der Waals surface area contributed by atoms with Gasteiger partial charge in [0.1, 0.15) is 0 Å². The molecule has 0 aliphatic carbocycles. The summed E-state index contributed by atoms with van der Waals surface area (Å²) in [6.07, 6.45) is 2.23. The molecule has 1 aromatic carbocycles. The largest absolute Gasteiger partial charge is 0.490 e. The van der Waals surface area contributed by atoms with Gasteiger partial charge >= 0.3 is 0 Å². The molecule has 142 valence electrons. The molecule has 0 saturated carbocycles. The lowest BCUT2D eigenvalue weighted by Gasteiger charge is -2.35. The third-order valence-corrected chi connectivity index (χ3v) is 4.81. The average Bonchev–Trinajstić information content (AvgIpc) is 2.85. The van der Waals surface area contributed by atoms with Gasteiger partial charge in [-0.1, -0.05) is 20.8 Å². The molecule has 0 spiro atoms. The topological polar surface area (TPSA) is 67.9 Å². The highest BCUT2D eigenvalue weighted by molar-refractivity contribution is 5.93. The Labute approximate surface area is 154 Å². The molecule has 0 bridgehead atoms. The molecule has 0 atom stereocenters. The summed E-state index contributed by atoms with van der Waals surface area (Å²) < 4.78 is 11.3. The van der Waals surface area contributed by atoms with Gasteiger partial charge in [-0.3, -0.25) is 9.59 Å². The molecule has 0 radical (unpaired) electrons. The zero-order chi connectivity index (χ0) is 18.7. The minimum atomic E-state index is -0.376. The lowest BCUT2D eigenvalue weighted by atomic mass is 9.90. The summed E-state index contributed by atoms with van der Waals surface area (Å²) in [7, 11) is 0. The first kappa shape index (κ1) is 18.5. The van der Waals surface area contributed by atoms with Crippen LogP contribution in [0.15, 0.2) is 18.2 Å². The maximum atomic E-state index is 12.6. The van der Waals surface area contributed by atoms with Crippen LogP contribution in [0.4, 0.5) is 5.69 Å². The molecule has 6 nitrogen and oxygen atoms in total. The van der Waals surface area contributed by atoms with Crippen molar-refractivity contribution in [2.45, 2.75) is 40.0 Å². The van der Waals surface area contributed by atoms with Crippen molar-refractivity contribution in [3.63, 3.8) is 0 Å². The van der Waals surface area contributed by atoms with Crippen molar-refractivity contribution >= 4 is 17.5 Å². The summed E-state index contributed by atoms with van der Waals surface area (Å²) in [6.45, 7) is 8.31. The van der Waals surface area contributed by atoms with Crippen molar-refractivity contribution in [3.8, 4) is 11.5 Å². The molecule has 1 aromatic rings. The smallest absolute Gasteiger partial charge is 0.227 e. The second-order valence-corrected chi connectivity index (χ2v) is 8.02. The molecule has 2 amide bonds. The fourth-order valence-electron chi connectivity index (χ4n) is 3.30. The van der Waals surface area contributed by atoms with Gasteiger partial charge in [0.15, 0.2) is 11.5 Å². The number of fused-ring (bicyclic) bond motifs is 1. The van der Waals surface area contributed by atoms with Crippen LogP contribution in [-0.4, -0.2) is 43.0 Å². The Bertz CT molecular complexity index is 673. The number of piperidine rings is 1. The van der Waals surface area contributed by atoms with Crippen LogP contribution < -0.4 is 14.8 Å². The van der Waals surface area contributed by atoms with Crippen LogP contribution in [0.3, 0.4) is 0 Å². The van der Waals surface area contributed by atoms with E-state index in [0.717, 1.165) is 12.2 Å². The van der Waals surface area contributed by atoms with E-state index in [1.165, 1.54) is 0 Å². The normalized spacial score (nSPS) is 18.2. The van der Waals surface area contributed by atoms with E-state index in [9.17, 15) is 9.59 Å². The van der Waals surface area contributed by atoms with Crippen molar-refractivity contribution in [2.75, 3.05) is 31.6 Å². The Morgan fingerprint density at radius 2 is 1.73 bits per heavy atom. The number of ether oxygens (including phenoxy) is 2. The fourth-order valence-corrected chi connectivity index (χ4v) is 3.30. The van der Waals surface area contributed by atoms with Crippen LogP contribution >= 0.6 is 0 Å². The second-order valence-electron chi connectivity index (χ2n) is 8.02. The van der Waals surface area contributed by atoms with Gasteiger partial charge in [-0.25, -0.2) is 0 Å². The Balaban J connectivity index is 1.56. The predicted octanol–water partition coefficient (Wildman–Crippen LogP) is 3.07. The molecule has 6 heteroatoms. The van der Waals surface area contributed by atoms with Crippen molar-refractivity contribution < 1.29 is 19.1 Å². The number of nitrogens with one attached hydrogen (secondary N) is 1. The van der Waals surface area contributed by atoms with Crippen molar-refractivity contribution in [1.82, 2.24) is 4.90 Å². The maximum absolute atomic E-state index is 12.6. The molecule has 2 heterocycles. The molecule has 0 unspecified atom stereocenters. The predicted molar refractivity (Wildman–Crippen MR) is 99.4 cm³/mol. The molecule has 26 heavy (non-hydrogen) atoms. The van der Waals surface area contributed by atoms with Crippen LogP contribution in [0.25, 0.3) is 0 Å². The molecule has 2 aliphatic heterocycles. The van der Waals surface area contributed by atoms with Gasteiger partial charge in [-0.15, -0.1) is 0 Å². The summed E-state index contributed by atoms with van der Waals surface area (Å²) in [4.78, 5) is 26.8. The molecular weight excluding hydrogens is 332 g/mol. The van der Waals surface area contributed by atoms with Crippen molar-refractivity contribution in [2.24, 2.45) is 11.3 Å². The van der Waals surface area contributed by atoms with E-state index in [4.69, 9.17) is 9.47 Å². The van der Waals surface area contributed by atoms with E-state index in [-0.39, 0.29) is 23.1 Å². The number of rotatable bonds is 2. The number of carbonyl (C=O) groups is 2. The lowest BCUT2D eigenvalue weighted by molar-refractivity contribution is -0.142. The highest BCUT2D eigenvalue weighted by atomic mass is 16.5. The molecular formula is C20H28N2O4. The highest BCUT2D eigenvalue weighted by Crippen LogP contribution is 2.33. The van der Waals surface area contributed by atoms with Gasteiger partial charge in [0.05, 0.1) is 13.2 Å². The number of carbonyl (C=O) groups excluding carboxylic acids is 2. The molecule has 1 N–H and O–H groups in total. The van der Waals surface area contributed by atoms with Gasteiger partial charge in [0.25, 0.3) is 0 Å². The average molecular weight is 360 g/mol. The number of hydrogen-bond donors (Lipinski definition) is 1. The standard InChI is InChI=1S/C20H28N2O4/c1-20(2,3)19(24)22-9-7-14(8-10-22)18(23)21-15-5-6-16-17(13-15)26-12-4-11-25-16/h5-6,13-14H,4,7-12H2,1-3H3,(H,21,23). The molecule has 1 saturated heterocycles. The Hall–Kier alpha value is -2.24. The molecule has 3 rings (SSSR count). The van der Waals surface area contributed by atoms with Crippen LogP contribution in [0.5, 0.6) is 11.5 Å². The van der Waals surface area contributed by atoms with Crippen LogP contribution in [0, 0.1) is 11.3 Å². The first-order valence-electron chi connectivity index (χ1n) is 9.34. The SMILES string of the molecule is CC(C)(C)C(=O)N1CCC(C(=O)Nc2ccc3c(c2)OCCCO3)CC1. The highest BCUT2D eigenvalue weighted by Gasteiger charge is 2.32. The Kier molecular flexibility index (Phi) is 5.39. The van der Waals surface area contributed by atoms with E-state index >= 15 is 0 Å². The summed E-state index contributed by atoms with van der Waals surface area (Å²) >= 11 is 0. The quantitative estimate of drug-likeness (QED) is 0.880. The first-order valence-corrected chi connectivity index (χ1v) is 9.34. The number of benzene rings is 1. The molecule has 1 fully saturated rings. The minimum Gasteiger partial charge on any atom is -0.490 e. The zero-order valence-corrected chi connectivity index (χ0v) is 15.8. The van der Waals surface area contributed by atoms with Crippen LogP contribution in [-0.2, 0) is 9.59 Å². The number of anilines is 1. The summed E-state index contributed by atoms with van der Waals surface area (Å²) in [6, 6.07) is 5.49. The number of nitrogens with zero attached hydrogens (tertiary/aromatic N) is 1. The van der Waals surface area contributed by atoms with E-state index in [1.54, 1.807) is 0 Å². The summed E-state index contributed by atoms with van der Waals surface area (Å²) in [5, 5.41) is 2.98. The molecule has 2 aliphatic rings. The summed E-state index contributed by atoms with van der Waals surface area (Å²) in [5.74, 6) is 1.47. The second kappa shape index (κ2) is 7.56. The van der Waals surface area contributed by atoms with E-state index in [0.29, 0.717) is 50.6 Å². The third-order valence-electron chi connectivity index (χ3n) is 4.81. The number of hydrogen-bond acceptors (Lipinski definition) is 4. The van der Waals surface area contributed by atoms with Gasteiger partial charge in [0, 0.05) is 42.6 Å². The van der Waals surface area contributed by atoms with Gasteiger partial charge in [-0.2, -0.15) is 0 Å². The Morgan fingerprint density at radius 1 is 1.08 bits per heavy atom. The zero-order valence-electron chi connectivity index (χ0n) is 15.8. The van der Waals surface area contributed by atoms with Crippen LogP contribution in [0.1, 0.15) is 40.0 Å². The van der Waals surface area contributed by atoms with Gasteiger partial charge < -0.3 is 19.7 Å².